The minimum absolute atomic E-state index is 0.0499. The fourth-order valence-electron chi connectivity index (χ4n) is 2.28. The molecule has 2 rings (SSSR count). The molecule has 1 fully saturated rings. The van der Waals surface area contributed by atoms with E-state index in [1.165, 1.54) is 0 Å². The van der Waals surface area contributed by atoms with Gasteiger partial charge in [-0.3, -0.25) is 9.59 Å². The molecular weight excluding hydrogens is 324 g/mol. The van der Waals surface area contributed by atoms with Crippen LogP contribution in [0.1, 0.15) is 19.3 Å². The van der Waals surface area contributed by atoms with Gasteiger partial charge in [0, 0.05) is 16.7 Å². The average molecular weight is 341 g/mol. The largest absolute Gasteiger partial charge is 0.481 e. The van der Waals surface area contributed by atoms with E-state index < -0.39 is 5.97 Å². The summed E-state index contributed by atoms with van der Waals surface area (Å²) in [4.78, 5) is 24.8. The van der Waals surface area contributed by atoms with Crippen molar-refractivity contribution in [1.82, 2.24) is 5.32 Å². The number of nitrogens with zero attached hydrogens (tertiary/aromatic N) is 1. The predicted molar refractivity (Wildman–Crippen MR) is 79.8 cm³/mol. The zero-order valence-electron chi connectivity index (χ0n) is 11.0. The quantitative estimate of drug-likeness (QED) is 0.860. The number of nitrogens with one attached hydrogen (secondary N) is 1. The summed E-state index contributed by atoms with van der Waals surface area (Å²) in [5, 5.41) is 12.0. The Hall–Kier alpha value is -1.40. The van der Waals surface area contributed by atoms with Crippen LogP contribution < -0.4 is 10.2 Å². The molecule has 0 unspecified atom stereocenters. The number of carbonyl (C=O) groups is 2. The van der Waals surface area contributed by atoms with Crippen molar-refractivity contribution >= 4 is 33.5 Å². The van der Waals surface area contributed by atoms with Gasteiger partial charge in [0.1, 0.15) is 0 Å². The van der Waals surface area contributed by atoms with Gasteiger partial charge in [-0.15, -0.1) is 0 Å². The van der Waals surface area contributed by atoms with E-state index in [1.54, 1.807) is 4.90 Å². The molecule has 1 aliphatic rings. The standard InChI is InChI=1S/C14H17BrN2O3/c15-10-3-5-11(6-4-10)17(9-7-13(18)19)14(20)12-2-1-8-16-12/h3-6,12,16H,1-2,7-9H2,(H,18,19)/t12-/m0/s1. The zero-order chi connectivity index (χ0) is 14.5. The second-order valence-corrected chi connectivity index (χ2v) is 5.67. The summed E-state index contributed by atoms with van der Waals surface area (Å²) in [5.41, 5.74) is 0.730. The molecule has 0 saturated carbocycles. The highest BCUT2D eigenvalue weighted by atomic mass is 79.9. The molecule has 2 N–H and O–H groups in total. The van der Waals surface area contributed by atoms with Crippen molar-refractivity contribution in [2.24, 2.45) is 0 Å². The maximum atomic E-state index is 12.5. The molecule has 108 valence electrons. The second-order valence-electron chi connectivity index (χ2n) is 4.76. The molecule has 0 bridgehead atoms. The molecule has 1 aromatic carbocycles. The van der Waals surface area contributed by atoms with Gasteiger partial charge in [0.25, 0.3) is 0 Å². The first-order valence-electron chi connectivity index (χ1n) is 6.60. The molecule has 6 heteroatoms. The van der Waals surface area contributed by atoms with Gasteiger partial charge < -0.3 is 15.3 Å². The van der Waals surface area contributed by atoms with E-state index in [2.05, 4.69) is 21.2 Å². The van der Waals surface area contributed by atoms with Gasteiger partial charge in [0.2, 0.25) is 5.91 Å². The number of carboxylic acids is 1. The molecule has 1 aliphatic heterocycles. The monoisotopic (exact) mass is 340 g/mol. The molecule has 1 atom stereocenters. The van der Waals surface area contributed by atoms with Crippen molar-refractivity contribution in [3.63, 3.8) is 0 Å². The van der Waals surface area contributed by atoms with Crippen LogP contribution in [0.2, 0.25) is 0 Å². The Balaban J connectivity index is 2.16. The summed E-state index contributed by atoms with van der Waals surface area (Å²) in [6, 6.07) is 7.13. The van der Waals surface area contributed by atoms with Crippen LogP contribution in [0.5, 0.6) is 0 Å². The summed E-state index contributed by atoms with van der Waals surface area (Å²) in [7, 11) is 0. The highest BCUT2D eigenvalue weighted by Crippen LogP contribution is 2.21. The molecule has 20 heavy (non-hydrogen) atoms. The lowest BCUT2D eigenvalue weighted by molar-refractivity contribution is -0.136. The number of hydrogen-bond donors (Lipinski definition) is 2. The number of halogens is 1. The number of amides is 1. The Labute approximate surface area is 126 Å². The molecular formula is C14H17BrN2O3. The third-order valence-electron chi connectivity index (χ3n) is 3.31. The van der Waals surface area contributed by atoms with E-state index in [0.717, 1.165) is 29.5 Å². The van der Waals surface area contributed by atoms with Crippen LogP contribution >= 0.6 is 15.9 Å². The van der Waals surface area contributed by atoms with E-state index in [1.807, 2.05) is 24.3 Å². The highest BCUT2D eigenvalue weighted by molar-refractivity contribution is 9.10. The number of benzene rings is 1. The lowest BCUT2D eigenvalue weighted by atomic mass is 10.1. The number of hydrogen-bond acceptors (Lipinski definition) is 3. The third-order valence-corrected chi connectivity index (χ3v) is 3.84. The number of anilines is 1. The van der Waals surface area contributed by atoms with Crippen LogP contribution in [-0.2, 0) is 9.59 Å². The third kappa shape index (κ3) is 3.80. The van der Waals surface area contributed by atoms with Gasteiger partial charge in [-0.1, -0.05) is 15.9 Å². The van der Waals surface area contributed by atoms with E-state index in [-0.39, 0.29) is 24.9 Å². The van der Waals surface area contributed by atoms with E-state index in [9.17, 15) is 9.59 Å². The fraction of sp³-hybridized carbons (Fsp3) is 0.429. The topological polar surface area (TPSA) is 69.6 Å². The summed E-state index contributed by atoms with van der Waals surface area (Å²) >= 11 is 3.35. The van der Waals surface area contributed by atoms with E-state index in [4.69, 9.17) is 5.11 Å². The minimum Gasteiger partial charge on any atom is -0.481 e. The summed E-state index contributed by atoms with van der Waals surface area (Å²) in [6.45, 7) is 1.03. The van der Waals surface area contributed by atoms with Crippen LogP contribution in [0.15, 0.2) is 28.7 Å². The molecule has 1 saturated heterocycles. The van der Waals surface area contributed by atoms with Gasteiger partial charge >= 0.3 is 5.97 Å². The van der Waals surface area contributed by atoms with Gasteiger partial charge in [-0.05, 0) is 43.7 Å². The Kier molecular flexibility index (Phi) is 5.14. The van der Waals surface area contributed by atoms with Gasteiger partial charge in [0.15, 0.2) is 0 Å². The number of rotatable bonds is 5. The molecule has 0 aliphatic carbocycles. The van der Waals surface area contributed by atoms with Crippen LogP contribution in [0.25, 0.3) is 0 Å². The molecule has 1 aromatic rings. The van der Waals surface area contributed by atoms with Crippen molar-refractivity contribution in [3.8, 4) is 0 Å². The summed E-state index contributed by atoms with van der Waals surface area (Å²) in [5.74, 6) is -0.953. The van der Waals surface area contributed by atoms with E-state index >= 15 is 0 Å². The van der Waals surface area contributed by atoms with E-state index in [0.29, 0.717) is 0 Å². The SMILES string of the molecule is O=C(O)CCN(C(=O)[C@@H]1CCCN1)c1ccc(Br)cc1. The number of carboxylic acid groups (broad SMARTS) is 1. The Morgan fingerprint density at radius 1 is 1.35 bits per heavy atom. The maximum Gasteiger partial charge on any atom is 0.305 e. The first kappa shape index (κ1) is 15.0. The molecule has 0 aromatic heterocycles. The lowest BCUT2D eigenvalue weighted by Gasteiger charge is -2.25. The zero-order valence-corrected chi connectivity index (χ0v) is 12.6. The van der Waals surface area contributed by atoms with Gasteiger partial charge in [0.05, 0.1) is 12.5 Å². The smallest absolute Gasteiger partial charge is 0.305 e. The average Bonchev–Trinajstić information content (AvgIpc) is 2.94. The first-order chi connectivity index (χ1) is 9.58. The number of aliphatic carboxylic acids is 1. The van der Waals surface area contributed by atoms with Gasteiger partial charge in [-0.25, -0.2) is 0 Å². The summed E-state index contributed by atoms with van der Waals surface area (Å²) < 4.78 is 0.922. The van der Waals surface area contributed by atoms with Crippen molar-refractivity contribution < 1.29 is 14.7 Å². The lowest BCUT2D eigenvalue weighted by Crippen LogP contribution is -2.44. The normalized spacial score (nSPS) is 17.9. The van der Waals surface area contributed by atoms with Gasteiger partial charge in [-0.2, -0.15) is 0 Å². The van der Waals surface area contributed by atoms with Crippen molar-refractivity contribution in [3.05, 3.63) is 28.7 Å². The molecule has 1 heterocycles. The molecule has 1 amide bonds. The van der Waals surface area contributed by atoms with Crippen molar-refractivity contribution in [2.75, 3.05) is 18.0 Å². The van der Waals surface area contributed by atoms with Crippen molar-refractivity contribution in [1.29, 1.82) is 0 Å². The molecule has 0 spiro atoms. The first-order valence-corrected chi connectivity index (χ1v) is 7.39. The predicted octanol–water partition coefficient (Wildman–Crippen LogP) is 2.01. The Morgan fingerprint density at radius 3 is 2.60 bits per heavy atom. The van der Waals surface area contributed by atoms with Crippen LogP contribution in [-0.4, -0.2) is 36.1 Å². The van der Waals surface area contributed by atoms with Crippen molar-refractivity contribution in [2.45, 2.75) is 25.3 Å². The fourth-order valence-corrected chi connectivity index (χ4v) is 2.54. The number of carbonyl (C=O) groups excluding carboxylic acids is 1. The Morgan fingerprint density at radius 2 is 2.05 bits per heavy atom. The molecule has 5 nitrogen and oxygen atoms in total. The van der Waals surface area contributed by atoms with Crippen LogP contribution in [0.4, 0.5) is 5.69 Å². The molecule has 0 radical (unpaired) electrons. The Bertz CT molecular complexity index is 484. The van der Waals surface area contributed by atoms with Crippen LogP contribution in [0, 0.1) is 0 Å². The second kappa shape index (κ2) is 6.85. The highest BCUT2D eigenvalue weighted by Gasteiger charge is 2.27. The summed E-state index contributed by atoms with van der Waals surface area (Å²) in [6.07, 6.45) is 1.72. The van der Waals surface area contributed by atoms with Crippen LogP contribution in [0.3, 0.4) is 0 Å². The minimum atomic E-state index is -0.903. The maximum absolute atomic E-state index is 12.5.